The summed E-state index contributed by atoms with van der Waals surface area (Å²) < 4.78 is 5.75. The molecule has 30 heavy (non-hydrogen) atoms. The lowest BCUT2D eigenvalue weighted by atomic mass is 9.97. The maximum atomic E-state index is 5.75. The van der Waals surface area contributed by atoms with Gasteiger partial charge in [0.2, 0.25) is 5.89 Å². The van der Waals surface area contributed by atoms with Gasteiger partial charge in [0.1, 0.15) is 5.76 Å². The van der Waals surface area contributed by atoms with E-state index >= 15 is 0 Å². The highest BCUT2D eigenvalue weighted by Gasteiger charge is 2.28. The molecule has 172 valence electrons. The number of aliphatic imine (C=N–C) groups is 1. The zero-order valence-corrected chi connectivity index (χ0v) is 21.8. The van der Waals surface area contributed by atoms with E-state index in [2.05, 4.69) is 43.8 Å². The molecule has 8 heteroatoms. The molecule has 3 heterocycles. The quantitative estimate of drug-likeness (QED) is 0.331. The minimum Gasteiger partial charge on any atom is -0.444 e. The number of nitrogens with one attached hydrogen (secondary N) is 1. The van der Waals surface area contributed by atoms with Crippen LogP contribution in [0.3, 0.4) is 0 Å². The topological polar surface area (TPSA) is 60.1 Å². The van der Waals surface area contributed by atoms with Crippen molar-refractivity contribution in [1.82, 2.24) is 25.0 Å². The van der Waals surface area contributed by atoms with Crippen LogP contribution in [-0.4, -0.2) is 84.5 Å². The molecule has 0 aliphatic carbocycles. The first-order valence-electron chi connectivity index (χ1n) is 11.4. The first-order valence-corrected chi connectivity index (χ1v) is 11.4. The Morgan fingerprint density at radius 1 is 1.17 bits per heavy atom. The smallest absolute Gasteiger partial charge is 0.208 e. The summed E-state index contributed by atoms with van der Waals surface area (Å²) in [5.74, 6) is 3.58. The van der Waals surface area contributed by atoms with Crippen LogP contribution in [0, 0.1) is 19.8 Å². The van der Waals surface area contributed by atoms with E-state index in [1.165, 1.54) is 19.3 Å². The average Bonchev–Trinajstić information content (AvgIpc) is 3.32. The van der Waals surface area contributed by atoms with Crippen molar-refractivity contribution in [2.45, 2.75) is 59.5 Å². The van der Waals surface area contributed by atoms with Gasteiger partial charge in [0, 0.05) is 32.7 Å². The molecule has 7 nitrogen and oxygen atoms in total. The Labute approximate surface area is 199 Å². The first kappa shape index (κ1) is 25.4. The van der Waals surface area contributed by atoms with Gasteiger partial charge in [0.15, 0.2) is 5.96 Å². The van der Waals surface area contributed by atoms with Crippen LogP contribution in [0.4, 0.5) is 0 Å². The van der Waals surface area contributed by atoms with Crippen LogP contribution < -0.4 is 5.32 Å². The van der Waals surface area contributed by atoms with Crippen molar-refractivity contribution < 1.29 is 4.42 Å². The number of oxazole rings is 1. The fraction of sp³-hybridized carbons (Fsp3) is 0.818. The summed E-state index contributed by atoms with van der Waals surface area (Å²) in [6.45, 7) is 17.0. The Kier molecular flexibility index (Phi) is 10.4. The molecule has 1 N–H and O–H groups in total. The molecule has 2 fully saturated rings. The number of hydrogen-bond acceptors (Lipinski definition) is 5. The van der Waals surface area contributed by atoms with Crippen molar-refractivity contribution in [1.29, 1.82) is 0 Å². The number of nitrogens with zero attached hydrogens (tertiary/aromatic N) is 5. The van der Waals surface area contributed by atoms with Crippen LogP contribution in [0.25, 0.3) is 0 Å². The second-order valence-corrected chi connectivity index (χ2v) is 8.51. The second-order valence-electron chi connectivity index (χ2n) is 8.51. The summed E-state index contributed by atoms with van der Waals surface area (Å²) in [5, 5.41) is 3.66. The van der Waals surface area contributed by atoms with Crippen molar-refractivity contribution in [3.05, 3.63) is 17.3 Å². The molecule has 0 bridgehead atoms. The van der Waals surface area contributed by atoms with Gasteiger partial charge in [-0.15, -0.1) is 24.0 Å². The van der Waals surface area contributed by atoms with Gasteiger partial charge in [-0.05, 0) is 65.2 Å². The lowest BCUT2D eigenvalue weighted by molar-refractivity contribution is 0.163. The fourth-order valence-electron chi connectivity index (χ4n) is 4.69. The summed E-state index contributed by atoms with van der Waals surface area (Å²) >= 11 is 0. The van der Waals surface area contributed by atoms with Gasteiger partial charge in [0.25, 0.3) is 0 Å². The van der Waals surface area contributed by atoms with E-state index in [9.17, 15) is 0 Å². The maximum absolute atomic E-state index is 5.75. The molecule has 1 unspecified atom stereocenters. The van der Waals surface area contributed by atoms with Gasteiger partial charge in [-0.25, -0.2) is 4.98 Å². The Balaban J connectivity index is 0.00000320. The number of hydrogen-bond donors (Lipinski definition) is 1. The highest BCUT2D eigenvalue weighted by atomic mass is 127. The van der Waals surface area contributed by atoms with Crippen molar-refractivity contribution in [3.8, 4) is 0 Å². The summed E-state index contributed by atoms with van der Waals surface area (Å²) in [5.41, 5.74) is 1.01. The third kappa shape index (κ3) is 6.56. The van der Waals surface area contributed by atoms with Crippen LogP contribution in [0.15, 0.2) is 9.41 Å². The number of guanidine groups is 1. The van der Waals surface area contributed by atoms with Gasteiger partial charge in [-0.1, -0.05) is 13.8 Å². The van der Waals surface area contributed by atoms with E-state index < -0.39 is 0 Å². The zero-order chi connectivity index (χ0) is 20.8. The maximum Gasteiger partial charge on any atom is 0.208 e. The number of halogens is 1. The Morgan fingerprint density at radius 3 is 2.43 bits per heavy atom. The predicted molar refractivity (Wildman–Crippen MR) is 134 cm³/mol. The number of likely N-dealkylation sites (tertiary alicyclic amines) is 2. The largest absolute Gasteiger partial charge is 0.444 e. The first-order chi connectivity index (χ1) is 14.0. The van der Waals surface area contributed by atoms with E-state index in [1.54, 1.807) is 0 Å². The van der Waals surface area contributed by atoms with Crippen molar-refractivity contribution in [2.24, 2.45) is 10.9 Å². The van der Waals surface area contributed by atoms with Gasteiger partial charge in [-0.3, -0.25) is 14.8 Å². The fourth-order valence-corrected chi connectivity index (χ4v) is 4.69. The van der Waals surface area contributed by atoms with Crippen LogP contribution in [0.2, 0.25) is 0 Å². The predicted octanol–water partition coefficient (Wildman–Crippen LogP) is 3.11. The molecule has 2 aliphatic heterocycles. The molecule has 3 rings (SSSR count). The molecule has 0 spiro atoms. The van der Waals surface area contributed by atoms with Gasteiger partial charge >= 0.3 is 0 Å². The van der Waals surface area contributed by atoms with E-state index in [0.717, 1.165) is 75.7 Å². The molecule has 0 radical (unpaired) electrons. The summed E-state index contributed by atoms with van der Waals surface area (Å²) in [6.07, 6.45) is 3.66. The third-order valence-electron chi connectivity index (χ3n) is 6.69. The molecule has 1 aromatic rings. The third-order valence-corrected chi connectivity index (χ3v) is 6.69. The molecular formula is C22H41IN6O. The number of rotatable bonds is 7. The lowest BCUT2D eigenvalue weighted by Crippen LogP contribution is -2.45. The van der Waals surface area contributed by atoms with Crippen molar-refractivity contribution in [3.63, 3.8) is 0 Å². The van der Waals surface area contributed by atoms with Crippen molar-refractivity contribution >= 4 is 29.9 Å². The zero-order valence-electron chi connectivity index (χ0n) is 19.5. The summed E-state index contributed by atoms with van der Waals surface area (Å²) in [4.78, 5) is 16.6. The van der Waals surface area contributed by atoms with Gasteiger partial charge in [-0.2, -0.15) is 0 Å². The molecule has 0 amide bonds. The molecule has 1 aromatic heterocycles. The second kappa shape index (κ2) is 12.2. The molecule has 2 saturated heterocycles. The van der Waals surface area contributed by atoms with E-state index in [-0.39, 0.29) is 24.0 Å². The SMILES string of the molecule is CCN(CC)C1CCN(C(=NC)NCC2CCN(Cc3nc(C)c(C)o3)CC2)C1.I. The van der Waals surface area contributed by atoms with E-state index in [4.69, 9.17) is 4.42 Å². The molecule has 0 aromatic carbocycles. The lowest BCUT2D eigenvalue weighted by Gasteiger charge is -2.32. The summed E-state index contributed by atoms with van der Waals surface area (Å²) in [7, 11) is 1.91. The van der Waals surface area contributed by atoms with Gasteiger partial charge < -0.3 is 14.6 Å². The Hall–Kier alpha value is -0.870. The number of likely N-dealkylation sites (N-methyl/N-ethyl adjacent to an activating group) is 1. The highest BCUT2D eigenvalue weighted by Crippen LogP contribution is 2.20. The van der Waals surface area contributed by atoms with Crippen LogP contribution >= 0.6 is 24.0 Å². The molecular weight excluding hydrogens is 491 g/mol. The average molecular weight is 533 g/mol. The number of piperidine rings is 1. The Bertz CT molecular complexity index is 647. The minimum absolute atomic E-state index is 0. The highest BCUT2D eigenvalue weighted by molar-refractivity contribution is 14.0. The summed E-state index contributed by atoms with van der Waals surface area (Å²) in [6, 6.07) is 0.661. The Morgan fingerprint density at radius 2 is 1.87 bits per heavy atom. The van der Waals surface area contributed by atoms with Gasteiger partial charge in [0.05, 0.1) is 12.2 Å². The standard InChI is InChI=1S/C22H40N6O.HI/c1-6-27(7-2)20-10-13-28(15-20)22(23-5)24-14-19-8-11-26(12-9-19)16-21-25-17(3)18(4)29-21;/h19-20H,6-16H2,1-5H3,(H,23,24);1H. The molecule has 1 atom stereocenters. The minimum atomic E-state index is 0. The van der Waals surface area contributed by atoms with Crippen LogP contribution in [0.5, 0.6) is 0 Å². The van der Waals surface area contributed by atoms with Crippen molar-refractivity contribution in [2.75, 3.05) is 52.9 Å². The molecule has 2 aliphatic rings. The number of aromatic nitrogens is 1. The van der Waals surface area contributed by atoms with Crippen LogP contribution in [-0.2, 0) is 6.54 Å². The van der Waals surface area contributed by atoms with E-state index in [0.29, 0.717) is 12.0 Å². The van der Waals surface area contributed by atoms with Crippen LogP contribution in [0.1, 0.15) is 50.5 Å². The molecule has 0 saturated carbocycles. The number of aryl methyl sites for hydroxylation is 2. The van der Waals surface area contributed by atoms with E-state index in [1.807, 2.05) is 20.9 Å². The monoisotopic (exact) mass is 532 g/mol. The normalized spacial score (nSPS) is 21.3.